The molecule has 2 N–H and O–H groups in total. The molecule has 0 aliphatic rings. The second kappa shape index (κ2) is 12.2. The van der Waals surface area contributed by atoms with Gasteiger partial charge in [0.2, 0.25) is 5.91 Å². The van der Waals surface area contributed by atoms with Crippen molar-refractivity contribution in [3.63, 3.8) is 0 Å². The van der Waals surface area contributed by atoms with Crippen LogP contribution in [-0.2, 0) is 20.2 Å². The van der Waals surface area contributed by atoms with Crippen LogP contribution in [0, 0.1) is 6.92 Å². The van der Waals surface area contributed by atoms with Crippen LogP contribution in [0.1, 0.15) is 42.3 Å². The minimum atomic E-state index is -4.09. The maximum absolute atomic E-state index is 13.6. The molecule has 9 heteroatoms. The van der Waals surface area contributed by atoms with Crippen molar-refractivity contribution < 1.29 is 18.0 Å². The number of aryl methyl sites for hydroxylation is 1. The highest BCUT2D eigenvalue weighted by Crippen LogP contribution is 2.28. The Morgan fingerprint density at radius 2 is 1.41 bits per heavy atom. The minimum Gasteiger partial charge on any atom is -0.324 e. The molecule has 41 heavy (non-hydrogen) atoms. The number of para-hydroxylation sites is 1. The van der Waals surface area contributed by atoms with Gasteiger partial charge in [0.05, 0.1) is 10.6 Å². The van der Waals surface area contributed by atoms with Gasteiger partial charge in [-0.1, -0.05) is 68.8 Å². The van der Waals surface area contributed by atoms with E-state index in [1.807, 2.05) is 12.1 Å². The summed E-state index contributed by atoms with van der Waals surface area (Å²) < 4.78 is 28.3. The SMILES string of the molecule is Cc1ccccc1N(CC(=O)Nc1cccc(NC(=O)c2ccc(C(C)(C)C)cc2)c1)S(=O)(=O)c1ccc(Cl)cc1. The molecule has 4 rings (SSSR count). The Morgan fingerprint density at radius 3 is 2.02 bits per heavy atom. The number of halogens is 1. The fourth-order valence-corrected chi connectivity index (χ4v) is 5.82. The molecule has 0 radical (unpaired) electrons. The quantitative estimate of drug-likeness (QED) is 0.231. The van der Waals surface area contributed by atoms with Crippen LogP contribution in [0.2, 0.25) is 5.02 Å². The summed E-state index contributed by atoms with van der Waals surface area (Å²) in [5.74, 6) is -0.833. The smallest absolute Gasteiger partial charge is 0.264 e. The number of nitrogens with zero attached hydrogens (tertiary/aromatic N) is 1. The van der Waals surface area contributed by atoms with Gasteiger partial charge in [0.1, 0.15) is 6.54 Å². The van der Waals surface area contributed by atoms with Crippen LogP contribution in [-0.4, -0.2) is 26.8 Å². The van der Waals surface area contributed by atoms with Crippen molar-refractivity contribution in [2.75, 3.05) is 21.5 Å². The van der Waals surface area contributed by atoms with Crippen LogP contribution >= 0.6 is 11.6 Å². The largest absolute Gasteiger partial charge is 0.324 e. The summed E-state index contributed by atoms with van der Waals surface area (Å²) in [5.41, 5.74) is 3.58. The first-order valence-electron chi connectivity index (χ1n) is 13.0. The van der Waals surface area contributed by atoms with Crippen molar-refractivity contribution >= 4 is 50.5 Å². The summed E-state index contributed by atoms with van der Waals surface area (Å²) in [5, 5.41) is 6.00. The molecule has 0 heterocycles. The second-order valence-corrected chi connectivity index (χ2v) is 13.0. The number of hydrogen-bond donors (Lipinski definition) is 2. The third-order valence-electron chi connectivity index (χ3n) is 6.49. The first kappa shape index (κ1) is 29.8. The van der Waals surface area contributed by atoms with Gasteiger partial charge in [-0.15, -0.1) is 0 Å². The molecule has 0 aliphatic carbocycles. The Balaban J connectivity index is 1.52. The van der Waals surface area contributed by atoms with Crippen molar-refractivity contribution in [1.29, 1.82) is 0 Å². The summed E-state index contributed by atoms with van der Waals surface area (Å²) in [6.07, 6.45) is 0. The number of rotatable bonds is 8. The fourth-order valence-electron chi connectivity index (χ4n) is 4.21. The van der Waals surface area contributed by atoms with Crippen LogP contribution in [0.5, 0.6) is 0 Å². The summed E-state index contributed by atoms with van der Waals surface area (Å²) in [4.78, 5) is 26.0. The molecule has 0 saturated heterocycles. The van der Waals surface area contributed by atoms with E-state index in [-0.39, 0.29) is 16.2 Å². The summed E-state index contributed by atoms with van der Waals surface area (Å²) >= 11 is 5.96. The van der Waals surface area contributed by atoms with Gasteiger partial charge in [0, 0.05) is 22.0 Å². The van der Waals surface area contributed by atoms with Gasteiger partial charge in [-0.2, -0.15) is 0 Å². The van der Waals surface area contributed by atoms with Crippen LogP contribution in [0.15, 0.2) is 102 Å². The standard InChI is InChI=1S/C32H32ClN3O4S/c1-22-8-5-6-11-29(22)36(41(39,40)28-18-16-25(33)17-19-28)21-30(37)34-26-9-7-10-27(20-26)35-31(38)23-12-14-24(15-13-23)32(2,3)4/h5-20H,21H2,1-4H3,(H,34,37)(H,35,38). The molecule has 2 amide bonds. The molecule has 0 aliphatic heterocycles. The zero-order chi connectivity index (χ0) is 29.8. The average molecular weight is 590 g/mol. The molecule has 4 aromatic carbocycles. The van der Waals surface area contributed by atoms with Crippen LogP contribution in [0.4, 0.5) is 17.1 Å². The number of carbonyl (C=O) groups excluding carboxylic acids is 2. The Labute approximate surface area is 246 Å². The lowest BCUT2D eigenvalue weighted by molar-refractivity contribution is -0.114. The third kappa shape index (κ3) is 7.34. The number of benzene rings is 4. The van der Waals surface area contributed by atoms with Crippen LogP contribution in [0.25, 0.3) is 0 Å². The molecular weight excluding hydrogens is 558 g/mol. The molecule has 212 valence electrons. The first-order chi connectivity index (χ1) is 19.3. The van der Waals surface area contributed by atoms with E-state index in [1.54, 1.807) is 67.6 Å². The predicted octanol–water partition coefficient (Wildman–Crippen LogP) is 7.03. The second-order valence-electron chi connectivity index (χ2n) is 10.7. The zero-order valence-electron chi connectivity index (χ0n) is 23.3. The number of nitrogens with one attached hydrogen (secondary N) is 2. The van der Waals surface area contributed by atoms with Gasteiger partial charge in [-0.3, -0.25) is 13.9 Å². The lowest BCUT2D eigenvalue weighted by Gasteiger charge is -2.25. The normalized spacial score (nSPS) is 11.5. The number of anilines is 3. The molecule has 0 aromatic heterocycles. The van der Waals surface area contributed by atoms with Crippen molar-refractivity contribution in [3.05, 3.63) is 119 Å². The first-order valence-corrected chi connectivity index (χ1v) is 14.8. The highest BCUT2D eigenvalue weighted by atomic mass is 35.5. The topological polar surface area (TPSA) is 95.6 Å². The monoisotopic (exact) mass is 589 g/mol. The van der Waals surface area contributed by atoms with Gasteiger partial charge < -0.3 is 10.6 Å². The van der Waals surface area contributed by atoms with Gasteiger partial charge in [0.25, 0.3) is 15.9 Å². The summed E-state index contributed by atoms with van der Waals surface area (Å²) in [6.45, 7) is 7.63. The van der Waals surface area contributed by atoms with Gasteiger partial charge in [-0.05, 0) is 84.1 Å². The number of carbonyl (C=O) groups is 2. The van der Waals surface area contributed by atoms with Gasteiger partial charge >= 0.3 is 0 Å². The maximum Gasteiger partial charge on any atom is 0.264 e. The molecule has 0 bridgehead atoms. The van der Waals surface area contributed by atoms with E-state index in [9.17, 15) is 18.0 Å². The molecule has 0 atom stereocenters. The minimum absolute atomic E-state index is 0.0122. The molecule has 7 nitrogen and oxygen atoms in total. The Morgan fingerprint density at radius 1 is 0.805 bits per heavy atom. The van der Waals surface area contributed by atoms with E-state index < -0.39 is 22.5 Å². The van der Waals surface area contributed by atoms with E-state index >= 15 is 0 Å². The van der Waals surface area contributed by atoms with E-state index in [1.165, 1.54) is 24.3 Å². The van der Waals surface area contributed by atoms with Crippen molar-refractivity contribution in [3.8, 4) is 0 Å². The third-order valence-corrected chi connectivity index (χ3v) is 8.52. The highest BCUT2D eigenvalue weighted by molar-refractivity contribution is 7.92. The van der Waals surface area contributed by atoms with E-state index in [0.717, 1.165) is 9.87 Å². The molecule has 0 saturated carbocycles. The van der Waals surface area contributed by atoms with Crippen LogP contribution in [0.3, 0.4) is 0 Å². The molecule has 4 aromatic rings. The fraction of sp³-hybridized carbons (Fsp3) is 0.188. The van der Waals surface area contributed by atoms with Crippen molar-refractivity contribution in [2.45, 2.75) is 38.0 Å². The zero-order valence-corrected chi connectivity index (χ0v) is 24.9. The molecular formula is C32H32ClN3O4S. The Kier molecular flexibility index (Phi) is 8.85. The van der Waals surface area contributed by atoms with Crippen molar-refractivity contribution in [2.24, 2.45) is 0 Å². The van der Waals surface area contributed by atoms with Crippen LogP contribution < -0.4 is 14.9 Å². The average Bonchev–Trinajstić information content (AvgIpc) is 2.92. The predicted molar refractivity (Wildman–Crippen MR) is 165 cm³/mol. The van der Waals surface area contributed by atoms with Gasteiger partial charge in [-0.25, -0.2) is 8.42 Å². The maximum atomic E-state index is 13.6. The number of sulfonamides is 1. The van der Waals surface area contributed by atoms with E-state index in [4.69, 9.17) is 11.6 Å². The molecule has 0 unspecified atom stereocenters. The van der Waals surface area contributed by atoms with Crippen molar-refractivity contribution in [1.82, 2.24) is 0 Å². The lowest BCUT2D eigenvalue weighted by Crippen LogP contribution is -2.38. The van der Waals surface area contributed by atoms with Gasteiger partial charge in [0.15, 0.2) is 0 Å². The Hall–Kier alpha value is -4.14. The number of amides is 2. The van der Waals surface area contributed by atoms with E-state index in [2.05, 4.69) is 31.4 Å². The summed E-state index contributed by atoms with van der Waals surface area (Å²) in [7, 11) is -4.09. The highest BCUT2D eigenvalue weighted by Gasteiger charge is 2.28. The van der Waals surface area contributed by atoms with E-state index in [0.29, 0.717) is 33.2 Å². The molecule has 0 fully saturated rings. The number of hydrogen-bond acceptors (Lipinski definition) is 4. The Bertz CT molecular complexity index is 1660. The molecule has 0 spiro atoms. The summed E-state index contributed by atoms with van der Waals surface area (Å²) in [6, 6.07) is 26.8. The lowest BCUT2D eigenvalue weighted by atomic mass is 9.87.